The molecule has 0 spiro atoms. The SMILES string of the molecule is COc1ccc(CNc2ccc(O)cc2)cc1Cl. The Labute approximate surface area is 111 Å². The highest BCUT2D eigenvalue weighted by molar-refractivity contribution is 6.32. The fourth-order valence-electron chi connectivity index (χ4n) is 1.60. The number of benzene rings is 2. The van der Waals surface area contributed by atoms with Crippen LogP contribution in [0.3, 0.4) is 0 Å². The lowest BCUT2D eigenvalue weighted by atomic mass is 10.2. The Morgan fingerprint density at radius 2 is 1.89 bits per heavy atom. The van der Waals surface area contributed by atoms with Crippen LogP contribution < -0.4 is 10.1 Å². The number of anilines is 1. The summed E-state index contributed by atoms with van der Waals surface area (Å²) in [5.41, 5.74) is 2.01. The quantitative estimate of drug-likeness (QED) is 0.827. The van der Waals surface area contributed by atoms with Gasteiger partial charge in [-0.05, 0) is 42.0 Å². The number of hydrogen-bond donors (Lipinski definition) is 2. The number of aromatic hydroxyl groups is 1. The van der Waals surface area contributed by atoms with Crippen molar-refractivity contribution in [1.29, 1.82) is 0 Å². The van der Waals surface area contributed by atoms with E-state index in [4.69, 9.17) is 16.3 Å². The second kappa shape index (κ2) is 5.65. The maximum absolute atomic E-state index is 9.18. The van der Waals surface area contributed by atoms with Crippen molar-refractivity contribution in [2.75, 3.05) is 12.4 Å². The molecule has 0 aliphatic heterocycles. The van der Waals surface area contributed by atoms with Crippen LogP contribution in [0.5, 0.6) is 11.5 Å². The Bertz CT molecular complexity index is 526. The fourth-order valence-corrected chi connectivity index (χ4v) is 1.88. The zero-order valence-corrected chi connectivity index (χ0v) is 10.7. The van der Waals surface area contributed by atoms with Crippen LogP contribution in [0, 0.1) is 0 Å². The molecule has 0 amide bonds. The molecule has 2 aromatic rings. The fraction of sp³-hybridized carbons (Fsp3) is 0.143. The van der Waals surface area contributed by atoms with E-state index in [9.17, 15) is 5.11 Å². The Kier molecular flexibility index (Phi) is 3.95. The van der Waals surface area contributed by atoms with Crippen LogP contribution in [0.1, 0.15) is 5.56 Å². The van der Waals surface area contributed by atoms with Crippen LogP contribution >= 0.6 is 11.6 Å². The summed E-state index contributed by atoms with van der Waals surface area (Å²) in [7, 11) is 1.59. The molecule has 0 fully saturated rings. The third-order valence-corrected chi connectivity index (χ3v) is 2.88. The van der Waals surface area contributed by atoms with Crippen LogP contribution in [0.2, 0.25) is 5.02 Å². The standard InChI is InChI=1S/C14H14ClNO2/c1-18-14-7-2-10(8-13(14)15)9-16-11-3-5-12(17)6-4-11/h2-8,16-17H,9H2,1H3. The molecule has 0 atom stereocenters. The van der Waals surface area contributed by atoms with Gasteiger partial charge in [0, 0.05) is 12.2 Å². The summed E-state index contributed by atoms with van der Waals surface area (Å²) in [6, 6.07) is 12.6. The minimum atomic E-state index is 0.257. The second-order valence-electron chi connectivity index (χ2n) is 3.87. The molecule has 0 radical (unpaired) electrons. The first-order valence-corrected chi connectivity index (χ1v) is 5.92. The Hall–Kier alpha value is -1.87. The highest BCUT2D eigenvalue weighted by atomic mass is 35.5. The molecular formula is C14H14ClNO2. The highest BCUT2D eigenvalue weighted by Gasteiger charge is 2.01. The van der Waals surface area contributed by atoms with Gasteiger partial charge in [0.25, 0.3) is 0 Å². The maximum atomic E-state index is 9.18. The normalized spacial score (nSPS) is 10.1. The second-order valence-corrected chi connectivity index (χ2v) is 4.28. The van der Waals surface area contributed by atoms with Crippen LogP contribution in [0.25, 0.3) is 0 Å². The minimum absolute atomic E-state index is 0.257. The van der Waals surface area contributed by atoms with E-state index in [0.29, 0.717) is 17.3 Å². The number of phenolic OH excluding ortho intramolecular Hbond substituents is 1. The molecule has 2 aromatic carbocycles. The summed E-state index contributed by atoms with van der Waals surface area (Å²) in [6.07, 6.45) is 0. The van der Waals surface area contributed by atoms with E-state index in [2.05, 4.69) is 5.32 Å². The Morgan fingerprint density at radius 1 is 1.17 bits per heavy atom. The van der Waals surface area contributed by atoms with Gasteiger partial charge >= 0.3 is 0 Å². The average molecular weight is 264 g/mol. The summed E-state index contributed by atoms with van der Waals surface area (Å²) in [5.74, 6) is 0.929. The molecular weight excluding hydrogens is 250 g/mol. The van der Waals surface area contributed by atoms with Crippen LogP contribution in [0.4, 0.5) is 5.69 Å². The molecule has 3 nitrogen and oxygen atoms in total. The molecule has 0 aliphatic carbocycles. The van der Waals surface area contributed by atoms with Crippen molar-refractivity contribution in [2.45, 2.75) is 6.54 Å². The van der Waals surface area contributed by atoms with Gasteiger partial charge in [-0.3, -0.25) is 0 Å². The Morgan fingerprint density at radius 3 is 2.50 bits per heavy atom. The minimum Gasteiger partial charge on any atom is -0.508 e. The summed E-state index contributed by atoms with van der Waals surface area (Å²) < 4.78 is 5.10. The smallest absolute Gasteiger partial charge is 0.137 e. The predicted octanol–water partition coefficient (Wildman–Crippen LogP) is 3.67. The van der Waals surface area contributed by atoms with E-state index in [0.717, 1.165) is 11.3 Å². The summed E-state index contributed by atoms with van der Waals surface area (Å²) >= 11 is 6.05. The molecule has 0 saturated carbocycles. The first kappa shape index (κ1) is 12.6. The third kappa shape index (κ3) is 3.08. The van der Waals surface area contributed by atoms with E-state index in [1.807, 2.05) is 30.3 Å². The number of nitrogens with one attached hydrogen (secondary N) is 1. The molecule has 0 aromatic heterocycles. The topological polar surface area (TPSA) is 41.5 Å². The third-order valence-electron chi connectivity index (χ3n) is 2.58. The van der Waals surface area contributed by atoms with E-state index >= 15 is 0 Å². The van der Waals surface area contributed by atoms with Gasteiger partial charge in [0.2, 0.25) is 0 Å². The number of halogens is 1. The summed E-state index contributed by atoms with van der Waals surface area (Å²) in [5, 5.41) is 13.0. The molecule has 2 N–H and O–H groups in total. The molecule has 2 rings (SSSR count). The van der Waals surface area contributed by atoms with Crippen LogP contribution in [-0.4, -0.2) is 12.2 Å². The van der Waals surface area contributed by atoms with E-state index in [1.165, 1.54) is 0 Å². The lowest BCUT2D eigenvalue weighted by Crippen LogP contribution is -1.99. The molecule has 0 saturated heterocycles. The zero-order chi connectivity index (χ0) is 13.0. The van der Waals surface area contributed by atoms with Crippen molar-refractivity contribution in [1.82, 2.24) is 0 Å². The van der Waals surface area contributed by atoms with Crippen molar-refractivity contribution >= 4 is 17.3 Å². The lowest BCUT2D eigenvalue weighted by Gasteiger charge is -2.08. The average Bonchev–Trinajstić information content (AvgIpc) is 2.38. The van der Waals surface area contributed by atoms with Crippen molar-refractivity contribution < 1.29 is 9.84 Å². The monoisotopic (exact) mass is 263 g/mol. The number of ether oxygens (including phenoxy) is 1. The highest BCUT2D eigenvalue weighted by Crippen LogP contribution is 2.25. The molecule has 0 unspecified atom stereocenters. The maximum Gasteiger partial charge on any atom is 0.137 e. The first-order valence-electron chi connectivity index (χ1n) is 5.54. The van der Waals surface area contributed by atoms with Gasteiger partial charge < -0.3 is 15.2 Å². The lowest BCUT2D eigenvalue weighted by molar-refractivity contribution is 0.415. The van der Waals surface area contributed by atoms with Crippen molar-refractivity contribution in [3.8, 4) is 11.5 Å². The summed E-state index contributed by atoms with van der Waals surface area (Å²) in [6.45, 7) is 0.661. The van der Waals surface area contributed by atoms with Crippen molar-refractivity contribution in [3.63, 3.8) is 0 Å². The molecule has 0 aliphatic rings. The van der Waals surface area contributed by atoms with Gasteiger partial charge in [-0.1, -0.05) is 17.7 Å². The Balaban J connectivity index is 2.02. The van der Waals surface area contributed by atoms with E-state index in [-0.39, 0.29) is 5.75 Å². The van der Waals surface area contributed by atoms with Crippen molar-refractivity contribution in [3.05, 3.63) is 53.1 Å². The molecule has 0 bridgehead atoms. The van der Waals surface area contributed by atoms with Crippen LogP contribution in [-0.2, 0) is 6.54 Å². The van der Waals surface area contributed by atoms with Gasteiger partial charge in [0.1, 0.15) is 11.5 Å². The largest absolute Gasteiger partial charge is 0.508 e. The van der Waals surface area contributed by atoms with E-state index < -0.39 is 0 Å². The van der Waals surface area contributed by atoms with Crippen LogP contribution in [0.15, 0.2) is 42.5 Å². The molecule has 4 heteroatoms. The molecule has 94 valence electrons. The van der Waals surface area contributed by atoms with Gasteiger partial charge in [-0.25, -0.2) is 0 Å². The van der Waals surface area contributed by atoms with Gasteiger partial charge in [0.05, 0.1) is 12.1 Å². The number of hydrogen-bond acceptors (Lipinski definition) is 3. The summed E-state index contributed by atoms with van der Waals surface area (Å²) in [4.78, 5) is 0. The molecule has 0 heterocycles. The van der Waals surface area contributed by atoms with Crippen molar-refractivity contribution in [2.24, 2.45) is 0 Å². The number of rotatable bonds is 4. The first-order chi connectivity index (χ1) is 8.69. The van der Waals surface area contributed by atoms with Gasteiger partial charge in [-0.2, -0.15) is 0 Å². The number of methoxy groups -OCH3 is 1. The predicted molar refractivity (Wildman–Crippen MR) is 73.4 cm³/mol. The number of phenols is 1. The molecule has 18 heavy (non-hydrogen) atoms. The van der Waals surface area contributed by atoms with Gasteiger partial charge in [0.15, 0.2) is 0 Å². The van der Waals surface area contributed by atoms with E-state index in [1.54, 1.807) is 19.2 Å². The zero-order valence-electron chi connectivity index (χ0n) is 9.98. The van der Waals surface area contributed by atoms with Gasteiger partial charge in [-0.15, -0.1) is 0 Å².